The van der Waals surface area contributed by atoms with E-state index in [-0.39, 0.29) is 0 Å². The molecule has 0 saturated carbocycles. The molecule has 0 bridgehead atoms. The first-order valence-electron chi connectivity index (χ1n) is 7.37. The molecule has 2 heteroatoms. The molecule has 106 valence electrons. The smallest absolute Gasteiger partial charge is 0.0732 e. The Morgan fingerprint density at radius 1 is 1.00 bits per heavy atom. The van der Waals surface area contributed by atoms with Crippen LogP contribution in [0.2, 0.25) is 0 Å². The van der Waals surface area contributed by atoms with Crippen molar-refractivity contribution in [2.75, 3.05) is 0 Å². The van der Waals surface area contributed by atoms with Crippen LogP contribution in [0.1, 0.15) is 43.6 Å². The van der Waals surface area contributed by atoms with E-state index in [4.69, 9.17) is 0 Å². The van der Waals surface area contributed by atoms with Gasteiger partial charge in [0.1, 0.15) is 0 Å². The highest BCUT2D eigenvalue weighted by atomic mass is 14.8. The summed E-state index contributed by atoms with van der Waals surface area (Å²) in [6.45, 7) is 6.42. The second-order valence-corrected chi connectivity index (χ2v) is 5.69. The van der Waals surface area contributed by atoms with Gasteiger partial charge in [-0.2, -0.15) is 0 Å². The van der Waals surface area contributed by atoms with E-state index < -0.39 is 0 Å². The third-order valence-electron chi connectivity index (χ3n) is 3.70. The van der Waals surface area contributed by atoms with Crippen molar-refractivity contribution in [3.05, 3.63) is 77.3 Å². The summed E-state index contributed by atoms with van der Waals surface area (Å²) in [5, 5.41) is 0. The van der Waals surface area contributed by atoms with E-state index >= 15 is 0 Å². The van der Waals surface area contributed by atoms with Crippen molar-refractivity contribution in [1.82, 2.24) is 4.98 Å². The maximum Gasteiger partial charge on any atom is 0.0732 e. The quantitative estimate of drug-likeness (QED) is 0.823. The minimum atomic E-state index is 0.491. The van der Waals surface area contributed by atoms with Gasteiger partial charge in [-0.1, -0.05) is 44.2 Å². The molecule has 1 aromatic heterocycles. The highest BCUT2D eigenvalue weighted by molar-refractivity contribution is 5.99. The third-order valence-corrected chi connectivity index (χ3v) is 3.70. The molecule has 1 aromatic carbocycles. The Labute approximate surface area is 125 Å². The number of hydrogen-bond donors (Lipinski definition) is 1. The molecule has 0 radical (unpaired) electrons. The Hall–Kier alpha value is -2.35. The van der Waals surface area contributed by atoms with E-state index in [1.165, 1.54) is 11.3 Å². The SMILES string of the molecule is CC1=NC(=C(c2ccccc2)c2ccc(C(C)C)[nH]2)C=C1. The zero-order valence-corrected chi connectivity index (χ0v) is 12.7. The van der Waals surface area contributed by atoms with E-state index in [1.54, 1.807) is 0 Å². The van der Waals surface area contributed by atoms with Crippen molar-refractivity contribution in [2.45, 2.75) is 26.7 Å². The van der Waals surface area contributed by atoms with Gasteiger partial charge in [0.2, 0.25) is 0 Å². The Morgan fingerprint density at radius 3 is 2.33 bits per heavy atom. The van der Waals surface area contributed by atoms with Crippen LogP contribution >= 0.6 is 0 Å². The van der Waals surface area contributed by atoms with Gasteiger partial charge < -0.3 is 4.98 Å². The summed E-state index contributed by atoms with van der Waals surface area (Å²) in [7, 11) is 0. The number of aromatic nitrogens is 1. The van der Waals surface area contributed by atoms with Gasteiger partial charge in [0.25, 0.3) is 0 Å². The molecule has 1 N–H and O–H groups in total. The first kappa shape index (κ1) is 13.6. The van der Waals surface area contributed by atoms with Crippen LogP contribution in [0.15, 0.2) is 65.3 Å². The average molecular weight is 276 g/mol. The maximum absolute atomic E-state index is 4.66. The summed E-state index contributed by atoms with van der Waals surface area (Å²) < 4.78 is 0. The number of H-pyrrole nitrogens is 1. The summed E-state index contributed by atoms with van der Waals surface area (Å²) in [5.41, 5.74) is 6.80. The molecular weight excluding hydrogens is 256 g/mol. The van der Waals surface area contributed by atoms with Crippen molar-refractivity contribution in [2.24, 2.45) is 4.99 Å². The van der Waals surface area contributed by atoms with Crippen LogP contribution in [0.5, 0.6) is 0 Å². The monoisotopic (exact) mass is 276 g/mol. The molecule has 0 aliphatic carbocycles. The summed E-state index contributed by atoms with van der Waals surface area (Å²) in [6.07, 6.45) is 4.15. The molecule has 2 aromatic rings. The largest absolute Gasteiger partial charge is 0.358 e. The number of nitrogens with zero attached hydrogens (tertiary/aromatic N) is 1. The Balaban J connectivity index is 2.16. The average Bonchev–Trinajstić information content (AvgIpc) is 3.11. The van der Waals surface area contributed by atoms with Crippen LogP contribution < -0.4 is 0 Å². The maximum atomic E-state index is 4.66. The van der Waals surface area contributed by atoms with Crippen LogP contribution in [0.4, 0.5) is 0 Å². The number of aliphatic imine (C=N–C) groups is 1. The van der Waals surface area contributed by atoms with Crippen LogP contribution in [0.25, 0.3) is 5.57 Å². The summed E-state index contributed by atoms with van der Waals surface area (Å²) >= 11 is 0. The van der Waals surface area contributed by atoms with Gasteiger partial charge >= 0.3 is 0 Å². The molecule has 1 aliphatic rings. The molecule has 2 nitrogen and oxygen atoms in total. The van der Waals surface area contributed by atoms with E-state index in [0.717, 1.165) is 22.7 Å². The Morgan fingerprint density at radius 2 is 1.76 bits per heavy atom. The molecule has 0 amide bonds. The lowest BCUT2D eigenvalue weighted by atomic mass is 10.0. The van der Waals surface area contributed by atoms with Crippen molar-refractivity contribution < 1.29 is 0 Å². The van der Waals surface area contributed by atoms with E-state index in [1.807, 2.05) is 13.0 Å². The minimum absolute atomic E-state index is 0.491. The highest BCUT2D eigenvalue weighted by Crippen LogP contribution is 2.30. The topological polar surface area (TPSA) is 28.1 Å². The van der Waals surface area contributed by atoms with Crippen molar-refractivity contribution in [3.8, 4) is 0 Å². The number of aromatic amines is 1. The van der Waals surface area contributed by atoms with E-state index in [2.05, 4.69) is 72.4 Å². The molecule has 0 spiro atoms. The third kappa shape index (κ3) is 2.75. The molecule has 0 atom stereocenters. The van der Waals surface area contributed by atoms with Gasteiger partial charge in [-0.15, -0.1) is 0 Å². The molecule has 0 fully saturated rings. The van der Waals surface area contributed by atoms with E-state index in [9.17, 15) is 0 Å². The second-order valence-electron chi connectivity index (χ2n) is 5.69. The number of rotatable bonds is 3. The first-order valence-corrected chi connectivity index (χ1v) is 7.37. The predicted molar refractivity (Wildman–Crippen MR) is 89.6 cm³/mol. The van der Waals surface area contributed by atoms with Crippen molar-refractivity contribution in [3.63, 3.8) is 0 Å². The van der Waals surface area contributed by atoms with Gasteiger partial charge in [-0.05, 0) is 42.7 Å². The van der Waals surface area contributed by atoms with Gasteiger partial charge in [0.15, 0.2) is 0 Å². The summed E-state index contributed by atoms with van der Waals surface area (Å²) in [6, 6.07) is 14.8. The molecule has 3 rings (SSSR count). The standard InChI is InChI=1S/C19H20N2/c1-13(2)16-11-12-18(21-16)19(15-7-5-4-6-8-15)17-10-9-14(3)20-17/h4-13,21H,1-3H3. The van der Waals surface area contributed by atoms with Crippen LogP contribution in [0, 0.1) is 0 Å². The summed E-state index contributed by atoms with van der Waals surface area (Å²) in [5.74, 6) is 0.491. The van der Waals surface area contributed by atoms with Gasteiger partial charge in [0.05, 0.1) is 5.70 Å². The molecule has 21 heavy (non-hydrogen) atoms. The van der Waals surface area contributed by atoms with Crippen LogP contribution in [-0.2, 0) is 0 Å². The zero-order chi connectivity index (χ0) is 14.8. The van der Waals surface area contributed by atoms with Gasteiger partial charge in [-0.3, -0.25) is 4.99 Å². The Bertz CT molecular complexity index is 728. The molecule has 1 aliphatic heterocycles. The first-order chi connectivity index (χ1) is 10.1. The fourth-order valence-electron chi connectivity index (χ4n) is 2.54. The van der Waals surface area contributed by atoms with Crippen LogP contribution in [0.3, 0.4) is 0 Å². The predicted octanol–water partition coefficient (Wildman–Crippen LogP) is 4.93. The zero-order valence-electron chi connectivity index (χ0n) is 12.7. The highest BCUT2D eigenvalue weighted by Gasteiger charge is 2.15. The fraction of sp³-hybridized carbons (Fsp3) is 0.211. The molecular formula is C19H20N2. The number of hydrogen-bond acceptors (Lipinski definition) is 1. The van der Waals surface area contributed by atoms with Gasteiger partial charge in [0, 0.05) is 22.7 Å². The Kier molecular flexibility index (Phi) is 3.61. The fourth-order valence-corrected chi connectivity index (χ4v) is 2.54. The molecule has 0 unspecified atom stereocenters. The van der Waals surface area contributed by atoms with E-state index in [0.29, 0.717) is 5.92 Å². The van der Waals surface area contributed by atoms with Gasteiger partial charge in [-0.25, -0.2) is 0 Å². The number of allylic oxidation sites excluding steroid dienone is 2. The van der Waals surface area contributed by atoms with Crippen LogP contribution in [-0.4, -0.2) is 10.7 Å². The normalized spacial score (nSPS) is 16.5. The second kappa shape index (κ2) is 5.57. The number of benzene rings is 1. The van der Waals surface area contributed by atoms with Crippen molar-refractivity contribution in [1.29, 1.82) is 0 Å². The lowest BCUT2D eigenvalue weighted by molar-refractivity contribution is 0.831. The van der Waals surface area contributed by atoms with Crippen molar-refractivity contribution >= 4 is 11.3 Å². The number of nitrogens with one attached hydrogen (secondary N) is 1. The lowest BCUT2D eigenvalue weighted by Gasteiger charge is -2.09. The summed E-state index contributed by atoms with van der Waals surface area (Å²) in [4.78, 5) is 8.20. The molecule has 0 saturated heterocycles. The lowest BCUT2D eigenvalue weighted by Crippen LogP contribution is -1.94. The minimum Gasteiger partial charge on any atom is -0.358 e. The molecule has 2 heterocycles.